The first-order chi connectivity index (χ1) is 64.4. The highest BCUT2D eigenvalue weighted by molar-refractivity contribution is 6.07. The first-order valence-corrected chi connectivity index (χ1v) is 42.1. The smallest absolute Gasteiger partial charge is 0.291 e. The topological polar surface area (TPSA) is 518 Å². The maximum atomic E-state index is 13.8. The zero-order valence-corrected chi connectivity index (χ0v) is 71.4. The number of carbonyl (C=O) groups excluding carboxylic acids is 4. The number of anilines is 4. The Morgan fingerprint density at radius 3 is 0.848 bits per heavy atom. The molecule has 680 valence electrons. The van der Waals surface area contributed by atoms with Gasteiger partial charge in [0.15, 0.2) is 23.0 Å². The summed E-state index contributed by atoms with van der Waals surface area (Å²) in [4.78, 5) is 85.5. The summed E-state index contributed by atoms with van der Waals surface area (Å²) < 4.78 is 80.3. The van der Waals surface area contributed by atoms with Gasteiger partial charge in [0.05, 0.1) is 141 Å². The molecule has 4 saturated carbocycles. The van der Waals surface area contributed by atoms with Crippen LogP contribution in [0.3, 0.4) is 0 Å². The predicted octanol–water partition coefficient (Wildman–Crippen LogP) is 15.4. The van der Waals surface area contributed by atoms with E-state index in [0.29, 0.717) is 118 Å². The number of nitrogens with zero attached hydrogens (tertiary/aromatic N) is 16. The van der Waals surface area contributed by atoms with E-state index in [0.717, 1.165) is 73.6 Å². The first-order valence-electron chi connectivity index (χ1n) is 42.1. The van der Waals surface area contributed by atoms with Crippen molar-refractivity contribution < 1.29 is 84.4 Å². The number of rotatable bonds is 28. The van der Waals surface area contributed by atoms with Crippen molar-refractivity contribution in [3.63, 3.8) is 0 Å². The van der Waals surface area contributed by atoms with Crippen molar-refractivity contribution in [1.82, 2.24) is 99.8 Å². The molecule has 0 radical (unpaired) electrons. The maximum absolute atomic E-state index is 13.8. The molecule has 4 aliphatic rings. The molecule has 0 saturated heterocycles. The quantitative estimate of drug-likeness (QED) is 0.0204. The first kappa shape index (κ1) is 90.7. The van der Waals surface area contributed by atoms with Crippen LogP contribution in [0.1, 0.15) is 145 Å². The molecule has 0 atom stereocenters. The van der Waals surface area contributed by atoms with E-state index in [2.05, 4.69) is 92.2 Å². The van der Waals surface area contributed by atoms with E-state index in [4.69, 9.17) is 66.6 Å². The second-order valence-corrected chi connectivity index (χ2v) is 30.1. The van der Waals surface area contributed by atoms with Crippen LogP contribution in [0, 0.1) is 11.6 Å². The number of carbonyl (C=O) groups is 6. The molecule has 16 aromatic rings. The third-order valence-corrected chi connectivity index (χ3v) is 21.5. The minimum atomic E-state index is -0.447. The summed E-state index contributed by atoms with van der Waals surface area (Å²) in [6.07, 6.45) is 34.4. The molecule has 42 heteroatoms. The number of halogens is 2. The van der Waals surface area contributed by atoms with Gasteiger partial charge >= 0.3 is 0 Å². The molecular weight excluding hydrogens is 1710 g/mol. The van der Waals surface area contributed by atoms with Crippen LogP contribution in [0.25, 0.3) is 90.8 Å². The summed E-state index contributed by atoms with van der Waals surface area (Å²) in [5.74, 6) is 0.370. The number of amides is 4. The molecule has 0 spiro atoms. The van der Waals surface area contributed by atoms with Crippen LogP contribution in [0.5, 0.6) is 0 Å². The Balaban J connectivity index is 0.000000132. The van der Waals surface area contributed by atoms with Gasteiger partial charge in [-0.15, -0.1) is 0 Å². The van der Waals surface area contributed by atoms with E-state index in [1.807, 2.05) is 85.9 Å². The number of hydrogen-bond donors (Lipinski definition) is 10. The molecule has 0 bridgehead atoms. The number of furan rings is 4. The fourth-order valence-corrected chi connectivity index (χ4v) is 14.8. The number of aromatic nitrogens is 20. The van der Waals surface area contributed by atoms with Gasteiger partial charge in [0.2, 0.25) is 0 Å². The standard InChI is InChI=1S/2C22H21FN6O3.2C22H22N6O3.2CH2O2/c2*1-2-31-16-8-15(9-16)29-12-18(21(28-29)17-7-14(23)5-6-24-17)27-22(30)20-4-3-19(32-20)13-10-25-26-11-13;2*1-2-30-16-9-15(10-16)28-13-18(21(27-28)17-5-3-4-8-23-17)26-22(29)20-7-6-19(31-20)14-11-24-25-12-14;2*2-1-3/h2*3-7,10-12,15-16H,2,8-9H2,1H3,(H,25,26)(H,27,30);2*3-8,11-13,15-16H,2,9-10H2,1H3,(H,24,25)(H,26,29);2*1H,(H,2,3). The van der Waals surface area contributed by atoms with Crippen LogP contribution in [-0.4, -0.2) is 197 Å². The minimum absolute atomic E-state index is 0.132. The lowest BCUT2D eigenvalue weighted by molar-refractivity contribution is -0.123. The van der Waals surface area contributed by atoms with Crippen LogP contribution in [0.15, 0.2) is 226 Å². The van der Waals surface area contributed by atoms with Crippen LogP contribution < -0.4 is 21.3 Å². The zero-order chi connectivity index (χ0) is 92.0. The van der Waals surface area contributed by atoms with E-state index < -0.39 is 23.4 Å². The number of aromatic amines is 4. The van der Waals surface area contributed by atoms with Crippen molar-refractivity contribution in [3.8, 4) is 90.8 Å². The van der Waals surface area contributed by atoms with Gasteiger partial charge in [-0.05, 0) is 164 Å². The van der Waals surface area contributed by atoms with Gasteiger partial charge < -0.3 is 68.1 Å². The van der Waals surface area contributed by atoms with E-state index in [1.165, 1.54) is 36.7 Å². The molecule has 0 aromatic carbocycles. The Kier molecular flexibility index (Phi) is 29.6. The van der Waals surface area contributed by atoms with Crippen molar-refractivity contribution in [1.29, 1.82) is 0 Å². The number of H-pyrrole nitrogens is 4. The van der Waals surface area contributed by atoms with E-state index in [9.17, 15) is 28.0 Å². The monoisotopic (exact) mass is 1800 g/mol. The highest BCUT2D eigenvalue weighted by atomic mass is 19.1. The van der Waals surface area contributed by atoms with Crippen LogP contribution in [0.2, 0.25) is 0 Å². The van der Waals surface area contributed by atoms with Gasteiger partial charge in [0.1, 0.15) is 57.5 Å². The van der Waals surface area contributed by atoms with Gasteiger partial charge in [-0.1, -0.05) is 12.1 Å². The number of nitrogens with one attached hydrogen (secondary N) is 8. The second-order valence-electron chi connectivity index (χ2n) is 30.1. The van der Waals surface area contributed by atoms with Crippen molar-refractivity contribution in [2.24, 2.45) is 0 Å². The van der Waals surface area contributed by atoms with Crippen molar-refractivity contribution in [2.75, 3.05) is 47.7 Å². The molecule has 0 unspecified atom stereocenters. The molecular formula is C90H90F2N24O16. The molecule has 40 nitrogen and oxygen atoms in total. The molecule has 132 heavy (non-hydrogen) atoms. The molecule has 16 heterocycles. The van der Waals surface area contributed by atoms with Crippen molar-refractivity contribution >= 4 is 59.3 Å². The zero-order valence-electron chi connectivity index (χ0n) is 71.4. The van der Waals surface area contributed by atoms with Crippen LogP contribution in [-0.2, 0) is 28.5 Å². The number of pyridine rings is 4. The molecule has 4 aliphatic carbocycles. The lowest BCUT2D eigenvalue weighted by atomic mass is 9.89. The predicted molar refractivity (Wildman–Crippen MR) is 471 cm³/mol. The molecule has 16 aromatic heterocycles. The molecule has 0 aliphatic heterocycles. The maximum Gasteiger partial charge on any atom is 0.291 e. The molecule has 4 amide bonds. The summed E-state index contributed by atoms with van der Waals surface area (Å²) in [6.45, 7) is 10.2. The fraction of sp³-hybridized carbons (Fsp3) is 0.267. The second kappa shape index (κ2) is 43.1. The fourth-order valence-electron chi connectivity index (χ4n) is 14.8. The Morgan fingerprint density at radius 2 is 0.629 bits per heavy atom. The van der Waals surface area contributed by atoms with Gasteiger partial charge in [-0.25, -0.2) is 8.78 Å². The van der Waals surface area contributed by atoms with E-state index in [1.54, 1.807) is 132 Å². The van der Waals surface area contributed by atoms with Crippen molar-refractivity contribution in [3.05, 3.63) is 243 Å². The van der Waals surface area contributed by atoms with Gasteiger partial charge in [0, 0.05) is 113 Å². The van der Waals surface area contributed by atoms with Gasteiger partial charge in [-0.3, -0.25) is 87.8 Å². The SMILES string of the molecule is CCOC1CC(n2cc(NC(=O)c3ccc(-c4cn[nH]c4)o3)c(-c3cc(F)ccn3)n2)C1.CCOC1CC(n2cc(NC(=O)c3ccc(-c4cn[nH]c4)o3)c(-c3cc(F)ccn3)n2)C1.CCOC1CC(n2cc(NC(=O)c3ccc(-c4cn[nH]c4)o3)c(-c3ccccn3)n2)C1.CCOC1CC(n2cc(NC(=O)c3ccc(-c4cn[nH]c4)o3)c(-c3ccccn3)n2)C1.O=CO.O=CO. The molecule has 4 fully saturated rings. The largest absolute Gasteiger partial charge is 0.483 e. The third-order valence-electron chi connectivity index (χ3n) is 21.5. The Labute approximate surface area is 749 Å². The lowest BCUT2D eigenvalue weighted by Gasteiger charge is -2.34. The number of hydrogen-bond acceptors (Lipinski definition) is 26. The lowest BCUT2D eigenvalue weighted by Crippen LogP contribution is -2.33. The normalized spacial score (nSPS) is 17.3. The number of ether oxygens (including phenoxy) is 4. The average molecular weight is 1800 g/mol. The third kappa shape index (κ3) is 22.2. The summed E-state index contributed by atoms with van der Waals surface area (Å²) >= 11 is 0. The minimum Gasteiger partial charge on any atom is -0.483 e. The Bertz CT molecular complexity index is 6030. The number of carboxylic acid groups (broad SMARTS) is 2. The average Bonchev–Trinajstić information content (AvgIpc) is 1.65. The van der Waals surface area contributed by atoms with Crippen molar-refractivity contribution in [2.45, 2.75) is 128 Å². The highest BCUT2D eigenvalue weighted by Gasteiger charge is 2.38. The van der Waals surface area contributed by atoms with Crippen LogP contribution in [0.4, 0.5) is 31.5 Å². The highest BCUT2D eigenvalue weighted by Crippen LogP contribution is 2.43. The van der Waals surface area contributed by atoms with E-state index >= 15 is 0 Å². The molecule has 10 N–H and O–H groups in total. The van der Waals surface area contributed by atoms with Gasteiger partial charge in [0.25, 0.3) is 36.6 Å². The summed E-state index contributed by atoms with van der Waals surface area (Å²) in [7, 11) is 0. The van der Waals surface area contributed by atoms with Gasteiger partial charge in [-0.2, -0.15) is 40.8 Å². The summed E-state index contributed by atoms with van der Waals surface area (Å²) in [5.41, 5.74) is 9.10. The summed E-state index contributed by atoms with van der Waals surface area (Å²) in [5, 5.41) is 70.4. The molecule has 20 rings (SSSR count). The van der Waals surface area contributed by atoms with E-state index in [-0.39, 0.29) is 96.4 Å². The Morgan fingerprint density at radius 1 is 0.379 bits per heavy atom. The van der Waals surface area contributed by atoms with Crippen LogP contribution >= 0.6 is 0 Å². The Hall–Kier alpha value is -16.1. The summed E-state index contributed by atoms with van der Waals surface area (Å²) in [6, 6.07) is 30.4.